The summed E-state index contributed by atoms with van der Waals surface area (Å²) >= 11 is 0. The second-order valence-electron chi connectivity index (χ2n) is 20.0. The Balaban J connectivity index is 1.58. The summed E-state index contributed by atoms with van der Waals surface area (Å²) < 4.78 is 21.7. The molecule has 0 fully saturated rings. The molecule has 0 aromatic heterocycles. The molecule has 4 aromatic rings. The number of ketones is 4. The summed E-state index contributed by atoms with van der Waals surface area (Å²) in [4.78, 5) is 134. The van der Waals surface area contributed by atoms with Gasteiger partial charge in [0.05, 0.1) is 74.9 Å². The van der Waals surface area contributed by atoms with E-state index in [1.807, 2.05) is 0 Å². The highest BCUT2D eigenvalue weighted by Crippen LogP contribution is 2.26. The number of ether oxygens (including phenoxy) is 4. The molecule has 20 N–H and O–H groups in total. The first-order chi connectivity index (χ1) is 41.4. The smallest absolute Gasteiger partial charge is 0.303 e. The number of carboxylic acid groups (broad SMARTS) is 1. The number of amides is 4. The van der Waals surface area contributed by atoms with E-state index < -0.39 is 84.0 Å². The maximum absolute atomic E-state index is 14.3. The molecular formula is C59H78N14O14. The molecule has 468 valence electrons. The molecule has 0 bridgehead atoms. The second-order valence-corrected chi connectivity index (χ2v) is 20.0. The minimum absolute atomic E-state index is 0.0236. The van der Waals surface area contributed by atoms with Crippen LogP contribution in [0.1, 0.15) is 115 Å². The first kappa shape index (κ1) is 69.4. The summed E-state index contributed by atoms with van der Waals surface area (Å²) in [7, 11) is 5.32. The lowest BCUT2D eigenvalue weighted by molar-refractivity contribution is -0.137. The Morgan fingerprint density at radius 1 is 0.425 bits per heavy atom. The summed E-state index contributed by atoms with van der Waals surface area (Å²) in [5.74, 6) is -6.24. The number of hydrogen-bond donors (Lipinski definition) is 12. The molecule has 0 radical (unpaired) electrons. The molecule has 4 atom stereocenters. The first-order valence-electron chi connectivity index (χ1n) is 27.5. The van der Waals surface area contributed by atoms with E-state index in [4.69, 9.17) is 64.8 Å². The molecule has 28 nitrogen and oxygen atoms in total. The molecule has 28 heteroatoms. The molecule has 0 saturated carbocycles. The Hall–Kier alpha value is -10.1. The van der Waals surface area contributed by atoms with Crippen molar-refractivity contribution in [3.8, 4) is 23.0 Å². The number of aliphatic carboxylic acids is 1. The van der Waals surface area contributed by atoms with Crippen LogP contribution in [0.5, 0.6) is 23.0 Å². The number of guanidine groups is 3. The molecule has 0 heterocycles. The largest absolute Gasteiger partial charge is 0.496 e. The Bertz CT molecular complexity index is 3230. The molecule has 0 aliphatic carbocycles. The van der Waals surface area contributed by atoms with Gasteiger partial charge in [0.2, 0.25) is 0 Å². The van der Waals surface area contributed by atoms with Crippen LogP contribution < -0.4 is 80.8 Å². The fraction of sp³-hybridized carbons (Fsp3) is 0.390. The number of carbonyl (C=O) groups is 9. The zero-order valence-electron chi connectivity index (χ0n) is 49.1. The van der Waals surface area contributed by atoms with Gasteiger partial charge in [-0.15, -0.1) is 0 Å². The van der Waals surface area contributed by atoms with Crippen LogP contribution in [0.2, 0.25) is 0 Å². The summed E-state index contributed by atoms with van der Waals surface area (Å²) in [6, 6.07) is 13.2. The minimum Gasteiger partial charge on any atom is -0.496 e. The van der Waals surface area contributed by atoms with Gasteiger partial charge in [-0.3, -0.25) is 58.1 Å². The number of nitrogens with zero attached hydrogens (tertiary/aromatic N) is 3. The van der Waals surface area contributed by atoms with Crippen LogP contribution in [0.25, 0.3) is 0 Å². The van der Waals surface area contributed by atoms with Crippen molar-refractivity contribution in [3.63, 3.8) is 0 Å². The van der Waals surface area contributed by atoms with Gasteiger partial charge >= 0.3 is 5.97 Å². The number of rotatable bonds is 38. The van der Waals surface area contributed by atoms with Gasteiger partial charge < -0.3 is 85.9 Å². The van der Waals surface area contributed by atoms with Gasteiger partial charge in [0, 0.05) is 51.7 Å². The minimum atomic E-state index is -1.42. The highest BCUT2D eigenvalue weighted by molar-refractivity contribution is 6.04. The van der Waals surface area contributed by atoms with E-state index in [1.165, 1.54) is 89.1 Å². The van der Waals surface area contributed by atoms with E-state index in [2.05, 4.69) is 30.9 Å². The van der Waals surface area contributed by atoms with Gasteiger partial charge in [0.25, 0.3) is 23.6 Å². The monoisotopic (exact) mass is 1210 g/mol. The average Bonchev–Trinajstić information content (AvgIpc) is 2.94. The molecule has 0 aliphatic rings. The van der Waals surface area contributed by atoms with Gasteiger partial charge in [-0.2, -0.15) is 0 Å². The average molecular weight is 1210 g/mol. The fourth-order valence-electron chi connectivity index (χ4n) is 9.09. The van der Waals surface area contributed by atoms with Crippen LogP contribution in [-0.4, -0.2) is 148 Å². The quantitative estimate of drug-likeness (QED) is 0.0160. The Labute approximate surface area is 502 Å². The molecule has 0 spiro atoms. The highest BCUT2D eigenvalue weighted by atomic mass is 16.5. The number of benzene rings is 4. The van der Waals surface area contributed by atoms with Crippen LogP contribution >= 0.6 is 0 Å². The molecular weight excluding hydrogens is 1130 g/mol. The van der Waals surface area contributed by atoms with Crippen molar-refractivity contribution in [1.82, 2.24) is 16.0 Å². The zero-order chi connectivity index (χ0) is 64.3. The maximum Gasteiger partial charge on any atom is 0.303 e. The van der Waals surface area contributed by atoms with E-state index in [9.17, 15) is 48.3 Å². The van der Waals surface area contributed by atoms with Gasteiger partial charge in [-0.1, -0.05) is 24.3 Å². The Morgan fingerprint density at radius 2 is 0.713 bits per heavy atom. The van der Waals surface area contributed by atoms with Gasteiger partial charge in [-0.25, -0.2) is 0 Å². The molecule has 0 saturated heterocycles. The maximum atomic E-state index is 14.3. The van der Waals surface area contributed by atoms with Crippen molar-refractivity contribution in [2.24, 2.45) is 60.8 Å². The predicted octanol–water partition coefficient (Wildman–Crippen LogP) is 0.0150. The number of nitrogens with one attached hydrogen (secondary N) is 3. The van der Waals surface area contributed by atoms with E-state index in [0.29, 0.717) is 30.5 Å². The number of methoxy groups -OCH3 is 4. The van der Waals surface area contributed by atoms with Crippen molar-refractivity contribution in [2.45, 2.75) is 101 Å². The molecule has 4 aromatic carbocycles. The van der Waals surface area contributed by atoms with Crippen molar-refractivity contribution in [3.05, 3.63) is 117 Å². The van der Waals surface area contributed by atoms with E-state index in [-0.39, 0.29) is 144 Å². The number of hydrogen-bond acceptors (Lipinski definition) is 17. The summed E-state index contributed by atoms with van der Waals surface area (Å²) in [6.07, 6.45) is -0.596. The molecule has 4 amide bonds. The lowest BCUT2D eigenvalue weighted by atomic mass is 9.96. The second kappa shape index (κ2) is 34.6. The molecule has 0 unspecified atom stereocenters. The number of aliphatic imine (C=N–C) groups is 3. The molecule has 0 aliphatic heterocycles. The summed E-state index contributed by atoms with van der Waals surface area (Å²) in [6.45, 7) is 0.532. The first-order valence-corrected chi connectivity index (χ1v) is 27.5. The lowest BCUT2D eigenvalue weighted by Gasteiger charge is -2.21. The Kier molecular flexibility index (Phi) is 27.6. The van der Waals surface area contributed by atoms with E-state index in [0.717, 1.165) is 0 Å². The number of carboxylic acids is 1. The van der Waals surface area contributed by atoms with Gasteiger partial charge in [-0.05, 0) is 116 Å². The van der Waals surface area contributed by atoms with Crippen LogP contribution in [0.3, 0.4) is 0 Å². The third-order valence-corrected chi connectivity index (χ3v) is 13.6. The number of carbonyl (C=O) groups excluding carboxylic acids is 8. The third-order valence-electron chi connectivity index (χ3n) is 13.6. The van der Waals surface area contributed by atoms with Crippen LogP contribution in [-0.2, 0) is 49.7 Å². The van der Waals surface area contributed by atoms with Crippen molar-refractivity contribution >= 4 is 70.6 Å². The molecule has 87 heavy (non-hydrogen) atoms. The Morgan fingerprint density at radius 3 is 1.01 bits per heavy atom. The van der Waals surface area contributed by atoms with Crippen molar-refractivity contribution < 1.29 is 67.2 Å². The van der Waals surface area contributed by atoms with Crippen LogP contribution in [0.4, 0.5) is 0 Å². The summed E-state index contributed by atoms with van der Waals surface area (Å²) in [5.41, 5.74) is 45.8. The highest BCUT2D eigenvalue weighted by Gasteiger charge is 2.29. The predicted molar refractivity (Wildman–Crippen MR) is 324 cm³/mol. The topological polar surface area (TPSA) is 492 Å². The van der Waals surface area contributed by atoms with E-state index in [1.54, 1.807) is 12.1 Å². The SMILES string of the molecule is COc1ccc(CC(=O)[C@H](CCCN=C(N)N)NC(=O)c2cc(CC(=O)[C@H](CCC(=O)O)NC(=O)c3cc(CC(=O)[C@H](CCCN=C(N)N)NC(=O)c4cc(CC(=O)[C@@H](N)CCCN=C(N)N)ccc4OC)ccc3OC)ccc2OC)cc1C(N)=O. The van der Waals surface area contributed by atoms with Crippen molar-refractivity contribution in [1.29, 1.82) is 0 Å². The lowest BCUT2D eigenvalue weighted by Crippen LogP contribution is -2.42. The standard InChI is InChI=1S/C59H78N14O14/c1-84-48-16-11-32(24-36(48)53(61)80)29-45(75)41(9-6-22-69-58(64)65)71-55(82)38-27-35(14-19-50(38)86-3)31-47(77)43(15-20-52(78)79)73-56(83)39-26-34(13-18-51(39)87-4)30-46(76)42(10-7-23-70-59(66)67)72-54(81)37-25-33(12-17-49(37)85-2)28-44(74)40(60)8-5-21-68-57(62)63/h11-14,16-19,24-27,40-43H,5-10,15,20-23,28-31,60H2,1-4H3,(H2,61,80)(H,71,82)(H,72,81)(H,73,83)(H,78,79)(H4,62,63,68)(H4,64,65,69)(H4,66,67,70)/t40-,41-,42-,43-/m0/s1. The van der Waals surface area contributed by atoms with E-state index >= 15 is 0 Å². The van der Waals surface area contributed by atoms with Crippen LogP contribution in [0, 0.1) is 0 Å². The summed E-state index contributed by atoms with van der Waals surface area (Å²) in [5, 5.41) is 17.9. The molecule has 4 rings (SSSR count). The van der Waals surface area contributed by atoms with Crippen molar-refractivity contribution in [2.75, 3.05) is 48.1 Å². The number of primary amides is 1. The zero-order valence-corrected chi connectivity index (χ0v) is 49.1. The number of nitrogens with two attached hydrogens (primary N) is 8. The van der Waals surface area contributed by atoms with Crippen LogP contribution in [0.15, 0.2) is 87.8 Å². The van der Waals surface area contributed by atoms with Gasteiger partial charge in [0.15, 0.2) is 41.0 Å². The normalized spacial score (nSPS) is 12.1. The fourth-order valence-corrected chi connectivity index (χ4v) is 9.09. The third kappa shape index (κ3) is 22.4. The van der Waals surface area contributed by atoms with Gasteiger partial charge in [0.1, 0.15) is 23.0 Å². The number of Topliss-reactive ketones (excluding diaryl/α,β-unsaturated/α-hetero) is 4.